The minimum absolute atomic E-state index is 0.0477. The van der Waals surface area contributed by atoms with Crippen LogP contribution in [-0.4, -0.2) is 49.4 Å². The highest BCUT2D eigenvalue weighted by Crippen LogP contribution is 2.48. The van der Waals surface area contributed by atoms with Crippen LogP contribution in [0.2, 0.25) is 10.0 Å². The molecule has 0 fully saturated rings. The number of hydrogen-bond donors (Lipinski definition) is 1. The first kappa shape index (κ1) is 30.4. The van der Waals surface area contributed by atoms with Crippen LogP contribution in [0.15, 0.2) is 48.5 Å². The maximum Gasteiger partial charge on any atom is 0.335 e. The Labute approximate surface area is 277 Å². The number of nitrogens with zero attached hydrogens (tertiary/aromatic N) is 4. The Morgan fingerprint density at radius 2 is 1.76 bits per heavy atom. The van der Waals surface area contributed by atoms with Crippen molar-refractivity contribution in [1.82, 2.24) is 19.2 Å². The number of carboxylic acids is 1. The van der Waals surface area contributed by atoms with Gasteiger partial charge in [0.25, 0.3) is 5.91 Å². The van der Waals surface area contributed by atoms with E-state index in [1.54, 1.807) is 24.3 Å². The Morgan fingerprint density at radius 3 is 2.46 bits per heavy atom. The molecule has 7 rings (SSSR count). The third kappa shape index (κ3) is 4.95. The molecule has 46 heavy (non-hydrogen) atoms. The first-order valence-corrected chi connectivity index (χ1v) is 16.2. The molecule has 0 aliphatic carbocycles. The number of rotatable bonds is 8. The molecule has 0 saturated carbocycles. The molecule has 0 spiro atoms. The summed E-state index contributed by atoms with van der Waals surface area (Å²) in [5.74, 6) is -0.245. The van der Waals surface area contributed by atoms with Gasteiger partial charge in [0.15, 0.2) is 0 Å². The summed E-state index contributed by atoms with van der Waals surface area (Å²) >= 11 is 13.3. The van der Waals surface area contributed by atoms with E-state index in [-0.39, 0.29) is 17.5 Å². The number of carbonyl (C=O) groups is 2. The van der Waals surface area contributed by atoms with Gasteiger partial charge in [0.1, 0.15) is 11.4 Å². The average Bonchev–Trinajstić information content (AvgIpc) is 3.44. The summed E-state index contributed by atoms with van der Waals surface area (Å²) in [6, 6.07) is 14.6. The van der Waals surface area contributed by atoms with E-state index < -0.39 is 5.97 Å². The number of halogens is 2. The third-order valence-corrected chi connectivity index (χ3v) is 10.3. The summed E-state index contributed by atoms with van der Waals surface area (Å²) in [4.78, 5) is 27.8. The van der Waals surface area contributed by atoms with E-state index in [0.717, 1.165) is 66.4 Å². The molecule has 0 radical (unpaired) electrons. The SMILES string of the molecule is Cc1cc(OCCCc2c3n4c5c(c(Cl)ccc25)-c2c(nn(C)c2C)C[C@@H]4CN(Cc2ccc(C(=O)O)cc2)C3=O)cc(C)c1Cl. The summed E-state index contributed by atoms with van der Waals surface area (Å²) in [7, 11) is 1.95. The van der Waals surface area contributed by atoms with E-state index in [1.807, 2.05) is 54.7 Å². The molecule has 0 unspecified atom stereocenters. The van der Waals surface area contributed by atoms with Gasteiger partial charge in [0, 0.05) is 53.8 Å². The molecule has 2 aliphatic heterocycles. The maximum atomic E-state index is 14.5. The van der Waals surface area contributed by atoms with E-state index >= 15 is 0 Å². The second-order valence-electron chi connectivity index (χ2n) is 12.4. The number of amides is 1. The highest BCUT2D eigenvalue weighted by atomic mass is 35.5. The standard InChI is InChI=1S/C36H34Cl2N4O4/c1-19-14-25(15-20(2)32(19)38)46-13-5-6-26-27-11-12-28(37)31-30-21(3)40(4)39-29(30)16-24-18-41(35(43)34(26)42(24)33(27)31)17-22-7-9-23(10-8-22)36(44)45/h7-12,14-15,24H,5-6,13,16-18H2,1-4H3,(H,44,45)/t24-/m1/s1. The first-order chi connectivity index (χ1) is 22.0. The molecule has 0 bridgehead atoms. The molecule has 5 aromatic rings. The lowest BCUT2D eigenvalue weighted by molar-refractivity contribution is 0.0652. The van der Waals surface area contributed by atoms with E-state index in [0.29, 0.717) is 49.7 Å². The fraction of sp³-hybridized carbons (Fsp3) is 0.306. The molecule has 3 aromatic carbocycles. The van der Waals surface area contributed by atoms with Crippen LogP contribution in [0.3, 0.4) is 0 Å². The fourth-order valence-electron chi connectivity index (χ4n) is 7.16. The van der Waals surface area contributed by atoms with Crippen LogP contribution in [0.5, 0.6) is 5.75 Å². The van der Waals surface area contributed by atoms with Crippen molar-refractivity contribution in [2.45, 2.75) is 52.6 Å². The van der Waals surface area contributed by atoms with Crippen LogP contribution >= 0.6 is 23.2 Å². The van der Waals surface area contributed by atoms with Crippen molar-refractivity contribution in [1.29, 1.82) is 0 Å². The number of benzene rings is 3. The Morgan fingerprint density at radius 1 is 1.04 bits per heavy atom. The molecule has 1 amide bonds. The minimum atomic E-state index is -0.977. The smallest absolute Gasteiger partial charge is 0.335 e. The van der Waals surface area contributed by atoms with Crippen molar-refractivity contribution in [3.05, 3.63) is 103 Å². The second kappa shape index (κ2) is 11.5. The molecular formula is C36H34Cl2N4O4. The number of fused-ring (bicyclic) bond motifs is 2. The van der Waals surface area contributed by atoms with Gasteiger partial charge in [0.2, 0.25) is 0 Å². The van der Waals surface area contributed by atoms with Crippen LogP contribution in [-0.2, 0) is 26.4 Å². The Kier molecular flexibility index (Phi) is 7.60. The molecule has 2 aliphatic rings. The molecule has 8 nitrogen and oxygen atoms in total. The lowest BCUT2D eigenvalue weighted by atomic mass is 9.96. The summed E-state index contributed by atoms with van der Waals surface area (Å²) in [5, 5.41) is 16.7. The summed E-state index contributed by atoms with van der Waals surface area (Å²) in [6.07, 6.45) is 2.00. The van der Waals surface area contributed by atoms with Gasteiger partial charge < -0.3 is 19.3 Å². The van der Waals surface area contributed by atoms with Gasteiger partial charge in [-0.15, -0.1) is 0 Å². The Balaban J connectivity index is 1.30. The van der Waals surface area contributed by atoms with Crippen molar-refractivity contribution in [3.8, 4) is 16.9 Å². The zero-order chi connectivity index (χ0) is 32.4. The summed E-state index contributed by atoms with van der Waals surface area (Å²) < 4.78 is 10.3. The number of carboxylic acid groups (broad SMARTS) is 1. The van der Waals surface area contributed by atoms with E-state index in [1.165, 1.54) is 0 Å². The predicted molar refractivity (Wildman–Crippen MR) is 180 cm³/mol. The molecule has 4 heterocycles. The Hall–Kier alpha value is -4.27. The van der Waals surface area contributed by atoms with Gasteiger partial charge in [0.05, 0.1) is 34.4 Å². The van der Waals surface area contributed by atoms with Gasteiger partial charge in [-0.05, 0) is 86.2 Å². The maximum absolute atomic E-state index is 14.5. The normalized spacial score (nSPS) is 15.3. The number of aromatic carboxylic acids is 1. The second-order valence-corrected chi connectivity index (χ2v) is 13.2. The van der Waals surface area contributed by atoms with Crippen molar-refractivity contribution in [2.24, 2.45) is 7.05 Å². The molecule has 10 heteroatoms. The van der Waals surface area contributed by atoms with Gasteiger partial charge in [-0.2, -0.15) is 5.10 Å². The number of aromatic nitrogens is 3. The van der Waals surface area contributed by atoms with Gasteiger partial charge in [-0.3, -0.25) is 9.48 Å². The zero-order valence-electron chi connectivity index (χ0n) is 26.2. The lowest BCUT2D eigenvalue weighted by Crippen LogP contribution is -2.43. The van der Waals surface area contributed by atoms with E-state index in [9.17, 15) is 14.7 Å². The molecule has 1 atom stereocenters. The predicted octanol–water partition coefficient (Wildman–Crippen LogP) is 7.74. The average molecular weight is 658 g/mol. The molecule has 2 aromatic heterocycles. The largest absolute Gasteiger partial charge is 0.494 e. The highest BCUT2D eigenvalue weighted by Gasteiger charge is 2.40. The van der Waals surface area contributed by atoms with Crippen LogP contribution in [0, 0.1) is 20.8 Å². The number of carbonyl (C=O) groups excluding carboxylic acids is 1. The Bertz CT molecular complexity index is 2040. The molecule has 1 N–H and O–H groups in total. The zero-order valence-corrected chi connectivity index (χ0v) is 27.7. The lowest BCUT2D eigenvalue weighted by Gasteiger charge is -2.35. The highest BCUT2D eigenvalue weighted by molar-refractivity contribution is 6.35. The van der Waals surface area contributed by atoms with Gasteiger partial charge in [-0.1, -0.05) is 41.4 Å². The van der Waals surface area contributed by atoms with Gasteiger partial charge in [-0.25, -0.2) is 4.79 Å². The van der Waals surface area contributed by atoms with E-state index in [4.69, 9.17) is 33.0 Å². The summed E-state index contributed by atoms with van der Waals surface area (Å²) in [5.41, 5.74) is 9.68. The van der Waals surface area contributed by atoms with Crippen molar-refractivity contribution < 1.29 is 19.4 Å². The van der Waals surface area contributed by atoms with E-state index in [2.05, 4.69) is 11.5 Å². The molecular weight excluding hydrogens is 623 g/mol. The third-order valence-electron chi connectivity index (χ3n) is 9.42. The van der Waals surface area contributed by atoms with Crippen LogP contribution < -0.4 is 4.74 Å². The van der Waals surface area contributed by atoms with Crippen molar-refractivity contribution in [3.63, 3.8) is 0 Å². The first-order valence-electron chi connectivity index (χ1n) is 15.4. The topological polar surface area (TPSA) is 89.6 Å². The van der Waals surface area contributed by atoms with Gasteiger partial charge >= 0.3 is 5.97 Å². The van der Waals surface area contributed by atoms with Crippen molar-refractivity contribution in [2.75, 3.05) is 13.2 Å². The van der Waals surface area contributed by atoms with Crippen LogP contribution in [0.1, 0.15) is 67.0 Å². The van der Waals surface area contributed by atoms with Crippen LogP contribution in [0.25, 0.3) is 22.0 Å². The summed E-state index contributed by atoms with van der Waals surface area (Å²) in [6.45, 7) is 7.35. The molecule has 0 saturated heterocycles. The molecule has 236 valence electrons. The number of aryl methyl sites for hydroxylation is 4. The quantitative estimate of drug-likeness (QED) is 0.173. The minimum Gasteiger partial charge on any atom is -0.494 e. The fourth-order valence-corrected chi connectivity index (χ4v) is 7.52. The van der Waals surface area contributed by atoms with Crippen LogP contribution in [0.4, 0.5) is 0 Å². The number of hydrogen-bond acceptors (Lipinski definition) is 4. The monoisotopic (exact) mass is 656 g/mol. The van der Waals surface area contributed by atoms with Crippen molar-refractivity contribution >= 4 is 46.0 Å². The number of ether oxygens (including phenoxy) is 1.